The Morgan fingerprint density at radius 3 is 3.15 bits per heavy atom. The zero-order valence-electron chi connectivity index (χ0n) is 7.65. The number of hydrogen-bond acceptors (Lipinski definition) is 2. The van der Waals surface area contributed by atoms with E-state index in [1.165, 1.54) is 0 Å². The highest BCUT2D eigenvalue weighted by Crippen LogP contribution is 2.24. The van der Waals surface area contributed by atoms with Crippen molar-refractivity contribution in [2.45, 2.75) is 32.2 Å². The molecule has 0 saturated heterocycles. The number of rotatable bonds is 3. The first-order valence-corrected chi connectivity index (χ1v) is 4.86. The van der Waals surface area contributed by atoms with Gasteiger partial charge in [-0.2, -0.15) is 5.10 Å². The van der Waals surface area contributed by atoms with Crippen LogP contribution in [0.3, 0.4) is 0 Å². The second-order valence-electron chi connectivity index (χ2n) is 3.61. The maximum Gasteiger partial charge on any atom is 0.136 e. The molecule has 1 atom stereocenters. The predicted octanol–water partition coefficient (Wildman–Crippen LogP) is 1.64. The van der Waals surface area contributed by atoms with Crippen molar-refractivity contribution in [1.29, 1.82) is 0 Å². The molecule has 1 aromatic rings. The number of aromatic nitrogens is 2. The molecular formula is C10H14N2O. The van der Waals surface area contributed by atoms with Gasteiger partial charge in [0.05, 0.1) is 0 Å². The highest BCUT2D eigenvalue weighted by atomic mass is 16.1. The Morgan fingerprint density at radius 1 is 1.62 bits per heavy atom. The number of hydrogen-bond donors (Lipinski definition) is 0. The molecule has 0 spiro atoms. The van der Waals surface area contributed by atoms with E-state index in [1.807, 2.05) is 16.9 Å². The average Bonchev–Trinajstić information content (AvgIpc) is 2.72. The number of ketones is 1. The average molecular weight is 178 g/mol. The highest BCUT2D eigenvalue weighted by molar-refractivity contribution is 5.82. The molecule has 70 valence electrons. The summed E-state index contributed by atoms with van der Waals surface area (Å²) in [4.78, 5) is 11.3. The summed E-state index contributed by atoms with van der Waals surface area (Å²) in [6.45, 7) is 0.878. The molecule has 0 radical (unpaired) electrons. The van der Waals surface area contributed by atoms with Crippen LogP contribution in [0.25, 0.3) is 0 Å². The van der Waals surface area contributed by atoms with Gasteiger partial charge in [-0.1, -0.05) is 0 Å². The van der Waals surface area contributed by atoms with E-state index in [2.05, 4.69) is 5.10 Å². The quantitative estimate of drug-likeness (QED) is 0.705. The molecule has 3 nitrogen and oxygen atoms in total. The Labute approximate surface area is 77.7 Å². The van der Waals surface area contributed by atoms with E-state index in [4.69, 9.17) is 0 Å². The molecule has 1 aliphatic rings. The molecule has 1 heterocycles. The third-order valence-corrected chi connectivity index (χ3v) is 2.70. The Bertz CT molecular complexity index is 279. The van der Waals surface area contributed by atoms with E-state index in [0.29, 0.717) is 11.7 Å². The van der Waals surface area contributed by atoms with Crippen molar-refractivity contribution in [1.82, 2.24) is 9.78 Å². The first-order chi connectivity index (χ1) is 6.36. The van der Waals surface area contributed by atoms with Gasteiger partial charge in [-0.15, -0.1) is 0 Å². The minimum absolute atomic E-state index is 0.309. The van der Waals surface area contributed by atoms with Gasteiger partial charge in [-0.25, -0.2) is 0 Å². The summed E-state index contributed by atoms with van der Waals surface area (Å²) in [6, 6.07) is 1.91. The van der Waals surface area contributed by atoms with Crippen LogP contribution in [-0.2, 0) is 11.3 Å². The van der Waals surface area contributed by atoms with Crippen LogP contribution in [0.1, 0.15) is 25.7 Å². The van der Waals surface area contributed by atoms with Gasteiger partial charge in [-0.3, -0.25) is 9.48 Å². The lowest BCUT2D eigenvalue weighted by atomic mass is 10.0. The summed E-state index contributed by atoms with van der Waals surface area (Å²) in [7, 11) is 0. The lowest BCUT2D eigenvalue weighted by molar-refractivity contribution is -0.120. The largest absolute Gasteiger partial charge is 0.299 e. The zero-order valence-corrected chi connectivity index (χ0v) is 7.65. The Kier molecular flexibility index (Phi) is 2.43. The van der Waals surface area contributed by atoms with Gasteiger partial charge >= 0.3 is 0 Å². The van der Waals surface area contributed by atoms with Crippen LogP contribution in [0.2, 0.25) is 0 Å². The fourth-order valence-corrected chi connectivity index (χ4v) is 1.91. The minimum atomic E-state index is 0.309. The Hall–Kier alpha value is -1.12. The van der Waals surface area contributed by atoms with Crippen LogP contribution in [0.4, 0.5) is 0 Å². The maximum atomic E-state index is 11.3. The number of aryl methyl sites for hydroxylation is 1. The molecular weight excluding hydrogens is 164 g/mol. The predicted molar refractivity (Wildman–Crippen MR) is 49.2 cm³/mol. The van der Waals surface area contributed by atoms with E-state index in [1.54, 1.807) is 6.20 Å². The monoisotopic (exact) mass is 178 g/mol. The second-order valence-corrected chi connectivity index (χ2v) is 3.61. The van der Waals surface area contributed by atoms with Crippen LogP contribution in [0.5, 0.6) is 0 Å². The van der Waals surface area contributed by atoms with Gasteiger partial charge in [-0.05, 0) is 25.3 Å². The SMILES string of the molecule is O=C1CCCC1CCn1cccn1. The molecule has 2 rings (SSSR count). The van der Waals surface area contributed by atoms with Crippen molar-refractivity contribution in [2.75, 3.05) is 0 Å². The van der Waals surface area contributed by atoms with Gasteiger partial charge in [0.25, 0.3) is 0 Å². The van der Waals surface area contributed by atoms with Crippen molar-refractivity contribution >= 4 is 5.78 Å². The van der Waals surface area contributed by atoms with Crippen LogP contribution in [0, 0.1) is 5.92 Å². The lowest BCUT2D eigenvalue weighted by Crippen LogP contribution is -2.10. The third kappa shape index (κ3) is 1.97. The maximum absolute atomic E-state index is 11.3. The van der Waals surface area contributed by atoms with Crippen molar-refractivity contribution in [3.8, 4) is 0 Å². The van der Waals surface area contributed by atoms with Gasteiger partial charge < -0.3 is 0 Å². The highest BCUT2D eigenvalue weighted by Gasteiger charge is 2.23. The third-order valence-electron chi connectivity index (χ3n) is 2.70. The second kappa shape index (κ2) is 3.73. The van der Waals surface area contributed by atoms with Crippen LogP contribution in [-0.4, -0.2) is 15.6 Å². The van der Waals surface area contributed by atoms with Gasteiger partial charge in [0.2, 0.25) is 0 Å². The van der Waals surface area contributed by atoms with Crippen molar-refractivity contribution in [2.24, 2.45) is 5.92 Å². The fourth-order valence-electron chi connectivity index (χ4n) is 1.91. The molecule has 13 heavy (non-hydrogen) atoms. The molecule has 0 bridgehead atoms. The molecule has 0 amide bonds. The van der Waals surface area contributed by atoms with Crippen molar-refractivity contribution < 1.29 is 4.79 Å². The molecule has 1 aromatic heterocycles. The Morgan fingerprint density at radius 2 is 2.54 bits per heavy atom. The molecule has 0 aliphatic heterocycles. The van der Waals surface area contributed by atoms with E-state index in [0.717, 1.165) is 32.2 Å². The number of nitrogens with zero attached hydrogens (tertiary/aromatic N) is 2. The summed E-state index contributed by atoms with van der Waals surface area (Å²) in [5.74, 6) is 0.761. The van der Waals surface area contributed by atoms with Gasteiger partial charge in [0.15, 0.2) is 0 Å². The normalized spacial score (nSPS) is 22.5. The van der Waals surface area contributed by atoms with Crippen LogP contribution < -0.4 is 0 Å². The number of Topliss-reactive ketones (excluding diaryl/α,β-unsaturated/α-hetero) is 1. The minimum Gasteiger partial charge on any atom is -0.299 e. The van der Waals surface area contributed by atoms with E-state index < -0.39 is 0 Å². The summed E-state index contributed by atoms with van der Waals surface area (Å²) >= 11 is 0. The van der Waals surface area contributed by atoms with Crippen molar-refractivity contribution in [3.63, 3.8) is 0 Å². The van der Waals surface area contributed by atoms with Gasteiger partial charge in [0.1, 0.15) is 5.78 Å². The summed E-state index contributed by atoms with van der Waals surface area (Å²) < 4.78 is 1.89. The number of carbonyl (C=O) groups is 1. The smallest absolute Gasteiger partial charge is 0.136 e. The summed E-state index contributed by atoms with van der Waals surface area (Å²) in [5, 5.41) is 4.11. The van der Waals surface area contributed by atoms with E-state index >= 15 is 0 Å². The molecule has 0 N–H and O–H groups in total. The summed E-state index contributed by atoms with van der Waals surface area (Å²) in [5.41, 5.74) is 0. The molecule has 1 fully saturated rings. The molecule has 0 aromatic carbocycles. The fraction of sp³-hybridized carbons (Fsp3) is 0.600. The Balaban J connectivity index is 1.82. The standard InChI is InChI=1S/C10H14N2O/c13-10-4-1-3-9(10)5-8-12-7-2-6-11-12/h2,6-7,9H,1,3-5,8H2. The van der Waals surface area contributed by atoms with Crippen LogP contribution in [0.15, 0.2) is 18.5 Å². The summed E-state index contributed by atoms with van der Waals surface area (Å²) in [6.07, 6.45) is 7.64. The van der Waals surface area contributed by atoms with E-state index in [9.17, 15) is 4.79 Å². The number of carbonyl (C=O) groups excluding carboxylic acids is 1. The molecule has 1 unspecified atom stereocenters. The molecule has 1 aliphatic carbocycles. The van der Waals surface area contributed by atoms with Crippen molar-refractivity contribution in [3.05, 3.63) is 18.5 Å². The molecule has 3 heteroatoms. The first-order valence-electron chi connectivity index (χ1n) is 4.86. The van der Waals surface area contributed by atoms with Crippen LogP contribution >= 0.6 is 0 Å². The van der Waals surface area contributed by atoms with Gasteiger partial charge in [0, 0.05) is 31.3 Å². The first kappa shape index (κ1) is 8.48. The topological polar surface area (TPSA) is 34.9 Å². The molecule has 1 saturated carbocycles. The lowest BCUT2D eigenvalue weighted by Gasteiger charge is -2.06. The zero-order chi connectivity index (χ0) is 9.10. The van der Waals surface area contributed by atoms with E-state index in [-0.39, 0.29) is 0 Å².